The SMILES string of the molecule is COc1ccc(-c2nnc(C)o2)cc1NC(=O)N1CCOCC1. The zero-order valence-corrected chi connectivity index (χ0v) is 13.0. The second kappa shape index (κ2) is 6.66. The molecule has 8 nitrogen and oxygen atoms in total. The van der Waals surface area contributed by atoms with E-state index < -0.39 is 0 Å². The molecule has 2 aromatic rings. The molecule has 0 aliphatic carbocycles. The number of methoxy groups -OCH3 is 1. The highest BCUT2D eigenvalue weighted by Crippen LogP contribution is 2.30. The number of carbonyl (C=O) groups excluding carboxylic acids is 1. The van der Waals surface area contributed by atoms with Crippen LogP contribution in [-0.4, -0.2) is 54.5 Å². The molecule has 0 unspecified atom stereocenters. The molecule has 1 N–H and O–H groups in total. The molecule has 122 valence electrons. The Morgan fingerprint density at radius 1 is 1.30 bits per heavy atom. The van der Waals surface area contributed by atoms with Crippen molar-refractivity contribution >= 4 is 11.7 Å². The number of anilines is 1. The monoisotopic (exact) mass is 318 g/mol. The molecule has 2 amide bonds. The average Bonchev–Trinajstić information content (AvgIpc) is 3.02. The van der Waals surface area contributed by atoms with Gasteiger partial charge in [0, 0.05) is 25.6 Å². The van der Waals surface area contributed by atoms with E-state index in [9.17, 15) is 4.79 Å². The molecule has 1 aromatic heterocycles. The minimum Gasteiger partial charge on any atom is -0.495 e. The normalized spacial score (nSPS) is 14.6. The lowest BCUT2D eigenvalue weighted by Crippen LogP contribution is -2.43. The number of nitrogens with zero attached hydrogens (tertiary/aromatic N) is 3. The van der Waals surface area contributed by atoms with E-state index >= 15 is 0 Å². The lowest BCUT2D eigenvalue weighted by atomic mass is 10.2. The van der Waals surface area contributed by atoms with Gasteiger partial charge in [-0.1, -0.05) is 0 Å². The fraction of sp³-hybridized carbons (Fsp3) is 0.400. The molecule has 1 saturated heterocycles. The van der Waals surface area contributed by atoms with Gasteiger partial charge in [-0.05, 0) is 18.2 Å². The smallest absolute Gasteiger partial charge is 0.322 e. The molecule has 1 fully saturated rings. The lowest BCUT2D eigenvalue weighted by molar-refractivity contribution is 0.0564. The molecule has 23 heavy (non-hydrogen) atoms. The van der Waals surface area contributed by atoms with Crippen LogP contribution in [0.15, 0.2) is 22.6 Å². The minimum absolute atomic E-state index is 0.189. The summed E-state index contributed by atoms with van der Waals surface area (Å²) in [5.41, 5.74) is 1.26. The Morgan fingerprint density at radius 2 is 2.09 bits per heavy atom. The van der Waals surface area contributed by atoms with Gasteiger partial charge in [0.15, 0.2) is 0 Å². The molecule has 1 aliphatic heterocycles. The quantitative estimate of drug-likeness (QED) is 0.930. The summed E-state index contributed by atoms with van der Waals surface area (Å²) in [6, 6.07) is 5.12. The third-order valence-electron chi connectivity index (χ3n) is 3.51. The van der Waals surface area contributed by atoms with Crippen LogP contribution < -0.4 is 10.1 Å². The maximum Gasteiger partial charge on any atom is 0.322 e. The highest BCUT2D eigenvalue weighted by Gasteiger charge is 2.19. The van der Waals surface area contributed by atoms with Crippen molar-refractivity contribution < 1.29 is 18.7 Å². The van der Waals surface area contributed by atoms with Crippen molar-refractivity contribution in [3.05, 3.63) is 24.1 Å². The topological polar surface area (TPSA) is 89.7 Å². The predicted molar refractivity (Wildman–Crippen MR) is 82.4 cm³/mol. The number of carbonyl (C=O) groups is 1. The molecule has 0 atom stereocenters. The Kier molecular flexibility index (Phi) is 4.42. The van der Waals surface area contributed by atoms with Crippen LogP contribution >= 0.6 is 0 Å². The van der Waals surface area contributed by atoms with E-state index in [2.05, 4.69) is 15.5 Å². The van der Waals surface area contributed by atoms with Gasteiger partial charge in [0.1, 0.15) is 5.75 Å². The van der Waals surface area contributed by atoms with Gasteiger partial charge in [-0.25, -0.2) is 4.79 Å². The Bertz CT molecular complexity index is 695. The molecular formula is C15H18N4O4. The van der Waals surface area contributed by atoms with Crippen LogP contribution in [0.2, 0.25) is 0 Å². The molecule has 8 heteroatoms. The highest BCUT2D eigenvalue weighted by molar-refractivity contribution is 5.92. The van der Waals surface area contributed by atoms with E-state index in [-0.39, 0.29) is 6.03 Å². The molecule has 1 aromatic carbocycles. The first-order valence-electron chi connectivity index (χ1n) is 7.29. The van der Waals surface area contributed by atoms with Crippen LogP contribution in [0.4, 0.5) is 10.5 Å². The number of aromatic nitrogens is 2. The van der Waals surface area contributed by atoms with Crippen molar-refractivity contribution in [2.45, 2.75) is 6.92 Å². The molecular weight excluding hydrogens is 300 g/mol. The van der Waals surface area contributed by atoms with E-state index in [1.165, 1.54) is 0 Å². The van der Waals surface area contributed by atoms with Gasteiger partial charge in [0.25, 0.3) is 0 Å². The molecule has 3 rings (SSSR count). The summed E-state index contributed by atoms with van der Waals surface area (Å²) >= 11 is 0. The first-order valence-corrected chi connectivity index (χ1v) is 7.29. The first kappa shape index (κ1) is 15.3. The number of urea groups is 1. The zero-order chi connectivity index (χ0) is 16.2. The summed E-state index contributed by atoms with van der Waals surface area (Å²) < 4.78 is 16.0. The van der Waals surface area contributed by atoms with Crippen LogP contribution in [0.5, 0.6) is 5.75 Å². The van der Waals surface area contributed by atoms with Gasteiger partial charge in [-0.3, -0.25) is 0 Å². The fourth-order valence-electron chi connectivity index (χ4n) is 2.31. The number of hydrogen-bond donors (Lipinski definition) is 1. The minimum atomic E-state index is -0.189. The van der Waals surface area contributed by atoms with Crippen molar-refractivity contribution in [2.75, 3.05) is 38.7 Å². The van der Waals surface area contributed by atoms with Crippen LogP contribution in [0.1, 0.15) is 5.89 Å². The van der Waals surface area contributed by atoms with E-state index in [0.717, 1.165) is 0 Å². The number of ether oxygens (including phenoxy) is 2. The molecule has 0 radical (unpaired) electrons. The number of hydrogen-bond acceptors (Lipinski definition) is 6. The van der Waals surface area contributed by atoms with E-state index in [1.807, 2.05) is 0 Å². The number of morpholine rings is 1. The molecule has 2 heterocycles. The maximum absolute atomic E-state index is 12.3. The average molecular weight is 318 g/mol. The molecule has 0 saturated carbocycles. The van der Waals surface area contributed by atoms with Gasteiger partial charge in [0.2, 0.25) is 11.8 Å². The van der Waals surface area contributed by atoms with Crippen molar-refractivity contribution in [1.82, 2.24) is 15.1 Å². The summed E-state index contributed by atoms with van der Waals surface area (Å²) in [6.45, 7) is 3.95. The Morgan fingerprint density at radius 3 is 2.74 bits per heavy atom. The fourth-order valence-corrected chi connectivity index (χ4v) is 2.31. The van der Waals surface area contributed by atoms with E-state index in [0.29, 0.717) is 55.1 Å². The van der Waals surface area contributed by atoms with Gasteiger partial charge >= 0.3 is 6.03 Å². The van der Waals surface area contributed by atoms with E-state index in [4.69, 9.17) is 13.9 Å². The summed E-state index contributed by atoms with van der Waals surface area (Å²) in [6.07, 6.45) is 0. The largest absolute Gasteiger partial charge is 0.495 e. The Balaban J connectivity index is 1.83. The van der Waals surface area contributed by atoms with E-state index in [1.54, 1.807) is 37.1 Å². The third kappa shape index (κ3) is 3.42. The van der Waals surface area contributed by atoms with Crippen molar-refractivity contribution in [2.24, 2.45) is 0 Å². The number of aryl methyl sites for hydroxylation is 1. The van der Waals surface area contributed by atoms with Crippen molar-refractivity contribution in [3.63, 3.8) is 0 Å². The second-order valence-electron chi connectivity index (χ2n) is 5.07. The van der Waals surface area contributed by atoms with Crippen molar-refractivity contribution in [1.29, 1.82) is 0 Å². The van der Waals surface area contributed by atoms with Crippen molar-refractivity contribution in [3.8, 4) is 17.2 Å². The molecule has 0 spiro atoms. The molecule has 0 bridgehead atoms. The maximum atomic E-state index is 12.3. The van der Waals surface area contributed by atoms with Gasteiger partial charge < -0.3 is 24.1 Å². The third-order valence-corrected chi connectivity index (χ3v) is 3.51. The van der Waals surface area contributed by atoms with Crippen LogP contribution in [0.25, 0.3) is 11.5 Å². The Labute approximate surface area is 133 Å². The highest BCUT2D eigenvalue weighted by atomic mass is 16.5. The van der Waals surface area contributed by atoms with Gasteiger partial charge in [-0.15, -0.1) is 10.2 Å². The summed E-state index contributed by atoms with van der Waals surface area (Å²) in [5.74, 6) is 1.44. The molecule has 1 aliphatic rings. The van der Waals surface area contributed by atoms with Crippen LogP contribution in [0, 0.1) is 6.92 Å². The lowest BCUT2D eigenvalue weighted by Gasteiger charge is -2.27. The summed E-state index contributed by atoms with van der Waals surface area (Å²) in [7, 11) is 1.55. The van der Waals surface area contributed by atoms with Gasteiger partial charge in [0.05, 0.1) is 26.0 Å². The van der Waals surface area contributed by atoms with Crippen LogP contribution in [-0.2, 0) is 4.74 Å². The number of benzene rings is 1. The first-order chi connectivity index (χ1) is 11.2. The summed E-state index contributed by atoms with van der Waals surface area (Å²) in [4.78, 5) is 14.0. The summed E-state index contributed by atoms with van der Waals surface area (Å²) in [5, 5.41) is 10.7. The number of nitrogens with one attached hydrogen (secondary N) is 1. The Hall–Kier alpha value is -2.61. The number of amides is 2. The number of rotatable bonds is 3. The second-order valence-corrected chi connectivity index (χ2v) is 5.07. The predicted octanol–water partition coefficient (Wildman–Crippen LogP) is 1.92. The standard InChI is InChI=1S/C15H18N4O4/c1-10-17-18-14(23-10)11-3-4-13(21-2)12(9-11)16-15(20)19-5-7-22-8-6-19/h3-4,9H,5-8H2,1-2H3,(H,16,20). The van der Waals surface area contributed by atoms with Gasteiger partial charge in [-0.2, -0.15) is 0 Å². The zero-order valence-electron chi connectivity index (χ0n) is 13.0. The van der Waals surface area contributed by atoms with Crippen LogP contribution in [0.3, 0.4) is 0 Å².